The molecule has 0 saturated carbocycles. The van der Waals surface area contributed by atoms with E-state index < -0.39 is 59.1 Å². The predicted octanol–water partition coefficient (Wildman–Crippen LogP) is 15.9. The van der Waals surface area contributed by atoms with E-state index in [9.17, 15) is 28.8 Å². The van der Waals surface area contributed by atoms with Crippen LogP contribution in [0.25, 0.3) is 0 Å². The molecule has 3 atom stereocenters. The second-order valence-electron chi connectivity index (χ2n) is 22.7. The zero-order valence-electron chi connectivity index (χ0n) is 51.1. The molecule has 0 spiro atoms. The van der Waals surface area contributed by atoms with Crippen LogP contribution in [0.3, 0.4) is 0 Å². The topological polar surface area (TPSA) is 166 Å². The van der Waals surface area contributed by atoms with Gasteiger partial charge in [0.1, 0.15) is 0 Å². The molecule has 0 aliphatic rings. The summed E-state index contributed by atoms with van der Waals surface area (Å²) in [4.78, 5) is 84.5. The normalized spacial score (nSPS) is 12.3. The minimum Gasteiger partial charge on any atom is -0.0654 e. The molecule has 3 rings (SSSR count). The maximum atomic E-state index is 14.6. The Bertz CT molecular complexity index is 1880. The molecule has 0 radical (unpaired) electrons. The fourth-order valence-electron chi connectivity index (χ4n) is 10.2. The fourth-order valence-corrected chi connectivity index (χ4v) is 13.9. The summed E-state index contributed by atoms with van der Waals surface area (Å²) in [5.41, 5.74) is 2.27. The van der Waals surface area contributed by atoms with Gasteiger partial charge in [0.25, 0.3) is 0 Å². The number of amides is 3. The zero-order valence-corrected chi connectivity index (χ0v) is 54.6. The Morgan fingerprint density at radius 3 is 0.707 bits per heavy atom. The third-order valence-electron chi connectivity index (χ3n) is 15.2. The van der Waals surface area contributed by atoms with Crippen molar-refractivity contribution < 1.29 is 37.2 Å². The van der Waals surface area contributed by atoms with Gasteiger partial charge in [-0.15, -0.1) is 0 Å². The van der Waals surface area contributed by atoms with Gasteiger partial charge in [-0.2, -0.15) is 0 Å². The molecule has 0 saturated heterocycles. The summed E-state index contributed by atoms with van der Waals surface area (Å²) in [6.45, 7) is 6.69. The molecule has 0 unspecified atom stereocenters. The molecule has 0 aromatic heterocycles. The first-order chi connectivity index (χ1) is 40.1. The monoisotopic (exact) mass is 1330 g/mol. The van der Waals surface area contributed by atoms with Crippen LogP contribution in [-0.2, 0) is 56.5 Å². The Morgan fingerprint density at radius 1 is 0.305 bits per heavy atom. The second kappa shape index (κ2) is 48.7. The number of unbranched alkanes of at least 4 members (excludes halogenated alkanes) is 30. The Kier molecular flexibility index (Phi) is 42.5. The van der Waals surface area contributed by atoms with Gasteiger partial charge >= 0.3 is 392 Å². The molecule has 3 aromatic rings. The first kappa shape index (κ1) is 71.6. The molecule has 3 N–H and O–H groups in total. The molecular formula is C69H108BiN3O9. The van der Waals surface area contributed by atoms with Crippen molar-refractivity contribution in [1.29, 1.82) is 0 Å². The van der Waals surface area contributed by atoms with Crippen LogP contribution in [0.2, 0.25) is 0 Å². The molecule has 0 aliphatic carbocycles. The van der Waals surface area contributed by atoms with Crippen LogP contribution in [-0.4, -0.2) is 76.8 Å². The Balaban J connectivity index is 1.81. The first-order valence-corrected chi connectivity index (χ1v) is 36.8. The van der Waals surface area contributed by atoms with Crippen molar-refractivity contribution in [1.82, 2.24) is 16.0 Å². The number of rotatable bonds is 51. The number of carbonyl (C=O) groups is 6. The van der Waals surface area contributed by atoms with Gasteiger partial charge in [-0.1, -0.05) is 117 Å². The molecule has 0 aliphatic heterocycles. The first-order valence-electron chi connectivity index (χ1n) is 32.6. The van der Waals surface area contributed by atoms with Gasteiger partial charge in [0.05, 0.1) is 0 Å². The van der Waals surface area contributed by atoms with Gasteiger partial charge in [0.15, 0.2) is 0 Å². The average Bonchev–Trinajstić information content (AvgIpc) is 3.60. The predicted molar refractivity (Wildman–Crippen MR) is 333 cm³/mol. The Hall–Kier alpha value is -4.64. The van der Waals surface area contributed by atoms with Gasteiger partial charge in [-0.05, 0) is 0 Å². The summed E-state index contributed by atoms with van der Waals surface area (Å²) in [5, 5.41) is 8.69. The van der Waals surface area contributed by atoms with Crippen LogP contribution in [0.1, 0.15) is 269 Å². The van der Waals surface area contributed by atoms with Crippen LogP contribution >= 0.6 is 0 Å². The van der Waals surface area contributed by atoms with Crippen LogP contribution in [0.5, 0.6) is 0 Å². The van der Waals surface area contributed by atoms with Crippen molar-refractivity contribution >= 4 is 58.7 Å². The van der Waals surface area contributed by atoms with Crippen molar-refractivity contribution in [2.75, 3.05) is 0 Å². The number of hydrogen-bond donors (Lipinski definition) is 3. The summed E-state index contributed by atoms with van der Waals surface area (Å²) < 4.78 is 18.2. The molecule has 3 amide bonds. The summed E-state index contributed by atoms with van der Waals surface area (Å²) in [6.07, 6.45) is 38.3. The molecule has 13 heteroatoms. The van der Waals surface area contributed by atoms with Crippen molar-refractivity contribution in [2.24, 2.45) is 0 Å². The van der Waals surface area contributed by atoms with E-state index in [0.29, 0.717) is 19.3 Å². The van der Waals surface area contributed by atoms with Crippen LogP contribution in [0, 0.1) is 0 Å². The van der Waals surface area contributed by atoms with E-state index in [-0.39, 0.29) is 56.2 Å². The number of carbonyl (C=O) groups excluding carboxylic acids is 6. The van der Waals surface area contributed by atoms with E-state index >= 15 is 0 Å². The Morgan fingerprint density at radius 2 is 0.500 bits per heavy atom. The van der Waals surface area contributed by atoms with Gasteiger partial charge in [-0.3, -0.25) is 0 Å². The summed E-state index contributed by atoms with van der Waals surface area (Å²) in [6, 6.07) is 24.1. The number of nitrogens with one attached hydrogen (secondary N) is 3. The third kappa shape index (κ3) is 36.8. The standard InChI is InChI=1S/3C23H37NO3.Bi/c3*1-2-3-4-5-6-7-8-9-10-11-15-18-22(25)24-21(23(26)27)19-20-16-13-12-14-17-20;/h3*12-14,16-17,21H,2-11,15,18-19H2,1H3,(H,24,25)(H,26,27);/q;;;+3/p-3/t3*21-;/m000./s1. The third-order valence-corrected chi connectivity index (χ3v) is 19.1. The Labute approximate surface area is 505 Å². The minimum absolute atomic E-state index is 0.0700. The second-order valence-corrected chi connectivity index (χ2v) is 26.6. The maximum absolute atomic E-state index is 14.6. The van der Waals surface area contributed by atoms with E-state index in [1.54, 1.807) is 0 Å². The summed E-state index contributed by atoms with van der Waals surface area (Å²) >= 11 is -5.09. The summed E-state index contributed by atoms with van der Waals surface area (Å²) in [5.74, 6) is -3.68. The smallest absolute Gasteiger partial charge is 0.0654 e. The minimum atomic E-state index is -5.09. The van der Waals surface area contributed by atoms with Gasteiger partial charge < -0.3 is 0 Å². The van der Waals surface area contributed by atoms with Gasteiger partial charge in [-0.25, -0.2) is 0 Å². The van der Waals surface area contributed by atoms with Crippen molar-refractivity contribution in [2.45, 2.75) is 289 Å². The van der Waals surface area contributed by atoms with E-state index in [2.05, 4.69) is 36.7 Å². The average molecular weight is 1330 g/mol. The molecule has 82 heavy (non-hydrogen) atoms. The van der Waals surface area contributed by atoms with Gasteiger partial charge in [0.2, 0.25) is 0 Å². The molecule has 458 valence electrons. The molecule has 0 bridgehead atoms. The van der Waals surface area contributed by atoms with E-state index in [0.717, 1.165) is 74.5 Å². The molecule has 12 nitrogen and oxygen atoms in total. The molecular weight excluding hydrogens is 1220 g/mol. The summed E-state index contributed by atoms with van der Waals surface area (Å²) in [7, 11) is 0. The van der Waals surface area contributed by atoms with Crippen molar-refractivity contribution in [3.63, 3.8) is 0 Å². The van der Waals surface area contributed by atoms with E-state index in [4.69, 9.17) is 8.44 Å². The van der Waals surface area contributed by atoms with Crippen LogP contribution in [0.15, 0.2) is 91.0 Å². The fraction of sp³-hybridized carbons (Fsp3) is 0.652. The number of hydrogen-bond acceptors (Lipinski definition) is 9. The molecule has 0 fully saturated rings. The zero-order chi connectivity index (χ0) is 58.9. The quantitative estimate of drug-likeness (QED) is 0.0368. The molecule has 3 aromatic carbocycles. The van der Waals surface area contributed by atoms with Crippen LogP contribution < -0.4 is 16.0 Å². The van der Waals surface area contributed by atoms with E-state index in [1.807, 2.05) is 91.0 Å². The molecule has 0 heterocycles. The van der Waals surface area contributed by atoms with Crippen molar-refractivity contribution in [3.8, 4) is 0 Å². The SMILES string of the molecule is CCCCCCCCCCCCCC(=O)N[C@@H](Cc1ccccc1)C(=O)[O][Bi]([O]C(=O)[C@H](Cc1ccccc1)NC(=O)CCCCCCCCCCCCC)[O]C(=O)[C@H](Cc1ccccc1)NC(=O)CCCCCCCCCCCCC. The van der Waals surface area contributed by atoms with Gasteiger partial charge in [0, 0.05) is 0 Å². The number of benzene rings is 3. The van der Waals surface area contributed by atoms with Crippen molar-refractivity contribution in [3.05, 3.63) is 108 Å². The van der Waals surface area contributed by atoms with Crippen LogP contribution in [0.4, 0.5) is 0 Å². The van der Waals surface area contributed by atoms with E-state index in [1.165, 1.54) is 135 Å².